The third-order valence-corrected chi connectivity index (χ3v) is 5.44. The van der Waals surface area contributed by atoms with Crippen LogP contribution in [-0.4, -0.2) is 48.1 Å². The molecule has 2 saturated heterocycles. The lowest BCUT2D eigenvalue weighted by molar-refractivity contribution is 0.0507. The summed E-state index contributed by atoms with van der Waals surface area (Å²) in [5.74, 6) is 0.0878. The quantitative estimate of drug-likeness (QED) is 0.786. The molecule has 27 heavy (non-hydrogen) atoms. The normalized spacial score (nSPS) is 19.4. The molecule has 0 saturated carbocycles. The van der Waals surface area contributed by atoms with Gasteiger partial charge in [0.1, 0.15) is 0 Å². The molecule has 2 aliphatic heterocycles. The van der Waals surface area contributed by atoms with Crippen LogP contribution in [0.2, 0.25) is 0 Å². The number of anilines is 1. The van der Waals surface area contributed by atoms with Crippen molar-refractivity contribution in [3.63, 3.8) is 0 Å². The van der Waals surface area contributed by atoms with E-state index in [9.17, 15) is 4.79 Å². The van der Waals surface area contributed by atoms with Gasteiger partial charge in [-0.25, -0.2) is 0 Å². The highest BCUT2D eigenvalue weighted by atomic mass is 16.5. The maximum atomic E-state index is 13.5. The Bertz CT molecular complexity index is 753. The van der Waals surface area contributed by atoms with Crippen LogP contribution in [-0.2, 0) is 11.3 Å². The van der Waals surface area contributed by atoms with Crippen molar-refractivity contribution < 1.29 is 9.53 Å². The molecule has 2 aromatic rings. The van der Waals surface area contributed by atoms with Crippen LogP contribution in [0.25, 0.3) is 0 Å². The first-order valence-corrected chi connectivity index (χ1v) is 9.95. The van der Waals surface area contributed by atoms with E-state index in [1.807, 2.05) is 35.2 Å². The summed E-state index contributed by atoms with van der Waals surface area (Å²) in [6, 6.07) is 12.0. The summed E-state index contributed by atoms with van der Waals surface area (Å²) < 4.78 is 5.82. The predicted octanol–water partition coefficient (Wildman–Crippen LogP) is 3.50. The van der Waals surface area contributed by atoms with Gasteiger partial charge in [0.25, 0.3) is 5.91 Å². The standard InChI is InChI=1S/C22H27N3O2/c26-22(20-7-1-2-8-21(20)24-13-3-4-14-24)25(17-19-6-5-15-27-19)16-18-9-11-23-12-10-18/h1-2,7-12,19H,3-6,13-17H2. The molecule has 0 radical (unpaired) electrons. The molecule has 2 aliphatic rings. The van der Waals surface area contributed by atoms with E-state index in [1.165, 1.54) is 12.8 Å². The van der Waals surface area contributed by atoms with Gasteiger partial charge in [0, 0.05) is 50.9 Å². The summed E-state index contributed by atoms with van der Waals surface area (Å²) in [6.45, 7) is 4.07. The van der Waals surface area contributed by atoms with E-state index < -0.39 is 0 Å². The smallest absolute Gasteiger partial charge is 0.256 e. The summed E-state index contributed by atoms with van der Waals surface area (Å²) in [4.78, 5) is 21.9. The van der Waals surface area contributed by atoms with Crippen molar-refractivity contribution in [2.45, 2.75) is 38.3 Å². The van der Waals surface area contributed by atoms with Gasteiger partial charge in [0.05, 0.1) is 11.7 Å². The number of amides is 1. The molecule has 0 bridgehead atoms. The van der Waals surface area contributed by atoms with Crippen molar-refractivity contribution in [1.82, 2.24) is 9.88 Å². The van der Waals surface area contributed by atoms with Crippen LogP contribution in [0.15, 0.2) is 48.8 Å². The molecular formula is C22H27N3O2. The van der Waals surface area contributed by atoms with Gasteiger partial charge in [-0.2, -0.15) is 0 Å². The van der Waals surface area contributed by atoms with Crippen molar-refractivity contribution in [3.05, 3.63) is 59.9 Å². The Morgan fingerprint density at radius 3 is 2.63 bits per heavy atom. The van der Waals surface area contributed by atoms with Gasteiger partial charge in [0.15, 0.2) is 0 Å². The van der Waals surface area contributed by atoms with Crippen LogP contribution in [0, 0.1) is 0 Å². The van der Waals surface area contributed by atoms with Crippen LogP contribution in [0.4, 0.5) is 5.69 Å². The third-order valence-electron chi connectivity index (χ3n) is 5.44. The Labute approximate surface area is 161 Å². The molecule has 2 fully saturated rings. The number of ether oxygens (including phenoxy) is 1. The highest BCUT2D eigenvalue weighted by molar-refractivity contribution is 5.99. The summed E-state index contributed by atoms with van der Waals surface area (Å²) in [6.07, 6.45) is 8.18. The van der Waals surface area contributed by atoms with Crippen molar-refractivity contribution in [2.24, 2.45) is 0 Å². The first kappa shape index (κ1) is 18.0. The van der Waals surface area contributed by atoms with E-state index in [4.69, 9.17) is 4.74 Å². The van der Waals surface area contributed by atoms with Gasteiger partial charge < -0.3 is 14.5 Å². The molecule has 1 aromatic heterocycles. The number of benzene rings is 1. The second-order valence-electron chi connectivity index (χ2n) is 7.39. The summed E-state index contributed by atoms with van der Waals surface area (Å²) >= 11 is 0. The van der Waals surface area contributed by atoms with Crippen LogP contribution in [0.5, 0.6) is 0 Å². The predicted molar refractivity (Wildman–Crippen MR) is 106 cm³/mol. The highest BCUT2D eigenvalue weighted by Gasteiger charge is 2.26. The highest BCUT2D eigenvalue weighted by Crippen LogP contribution is 2.27. The Morgan fingerprint density at radius 2 is 1.89 bits per heavy atom. The first-order valence-electron chi connectivity index (χ1n) is 9.95. The van der Waals surface area contributed by atoms with Crippen LogP contribution >= 0.6 is 0 Å². The Balaban J connectivity index is 1.59. The Morgan fingerprint density at radius 1 is 1.11 bits per heavy atom. The van der Waals surface area contributed by atoms with E-state index in [1.54, 1.807) is 12.4 Å². The monoisotopic (exact) mass is 365 g/mol. The average Bonchev–Trinajstić information content (AvgIpc) is 3.42. The van der Waals surface area contributed by atoms with Crippen LogP contribution in [0.1, 0.15) is 41.6 Å². The number of pyridine rings is 1. The zero-order valence-corrected chi connectivity index (χ0v) is 15.7. The van der Waals surface area contributed by atoms with E-state index in [0.29, 0.717) is 13.1 Å². The van der Waals surface area contributed by atoms with Crippen LogP contribution < -0.4 is 4.90 Å². The number of nitrogens with zero attached hydrogens (tertiary/aromatic N) is 3. The first-order chi connectivity index (χ1) is 13.3. The Kier molecular flexibility index (Phi) is 5.68. The number of hydrogen-bond acceptors (Lipinski definition) is 4. The van der Waals surface area contributed by atoms with Gasteiger partial charge >= 0.3 is 0 Å². The molecule has 1 unspecified atom stereocenters. The average molecular weight is 365 g/mol. The second-order valence-corrected chi connectivity index (χ2v) is 7.39. The van der Waals surface area contributed by atoms with Gasteiger partial charge in [0.2, 0.25) is 0 Å². The number of para-hydroxylation sites is 1. The van der Waals surface area contributed by atoms with Crippen molar-refractivity contribution in [2.75, 3.05) is 31.1 Å². The maximum absolute atomic E-state index is 13.5. The zero-order chi connectivity index (χ0) is 18.5. The fourth-order valence-corrected chi connectivity index (χ4v) is 4.02. The van der Waals surface area contributed by atoms with Crippen molar-refractivity contribution in [1.29, 1.82) is 0 Å². The molecular weight excluding hydrogens is 338 g/mol. The lowest BCUT2D eigenvalue weighted by atomic mass is 10.1. The van der Waals surface area contributed by atoms with E-state index in [-0.39, 0.29) is 12.0 Å². The van der Waals surface area contributed by atoms with Crippen molar-refractivity contribution in [3.8, 4) is 0 Å². The molecule has 5 nitrogen and oxygen atoms in total. The molecule has 1 amide bonds. The number of rotatable bonds is 6. The van der Waals surface area contributed by atoms with Gasteiger partial charge in [-0.15, -0.1) is 0 Å². The van der Waals surface area contributed by atoms with E-state index in [0.717, 1.165) is 49.4 Å². The van der Waals surface area contributed by atoms with Gasteiger partial charge in [-0.3, -0.25) is 9.78 Å². The molecule has 1 atom stereocenters. The molecule has 4 rings (SSSR count). The van der Waals surface area contributed by atoms with Crippen LogP contribution in [0.3, 0.4) is 0 Å². The lowest BCUT2D eigenvalue weighted by Gasteiger charge is -2.28. The van der Waals surface area contributed by atoms with Gasteiger partial charge in [-0.05, 0) is 55.5 Å². The van der Waals surface area contributed by atoms with E-state index >= 15 is 0 Å². The summed E-state index contributed by atoms with van der Waals surface area (Å²) in [5, 5.41) is 0. The maximum Gasteiger partial charge on any atom is 0.256 e. The van der Waals surface area contributed by atoms with Crippen molar-refractivity contribution >= 4 is 11.6 Å². The Hall–Kier alpha value is -2.40. The molecule has 3 heterocycles. The fraction of sp³-hybridized carbons (Fsp3) is 0.455. The summed E-state index contributed by atoms with van der Waals surface area (Å²) in [7, 11) is 0. The minimum absolute atomic E-state index is 0.0878. The number of carbonyl (C=O) groups excluding carboxylic acids is 1. The third kappa shape index (κ3) is 4.30. The summed E-state index contributed by atoms with van der Waals surface area (Å²) in [5.41, 5.74) is 2.95. The topological polar surface area (TPSA) is 45.7 Å². The number of carbonyl (C=O) groups is 1. The zero-order valence-electron chi connectivity index (χ0n) is 15.7. The molecule has 142 valence electrons. The lowest BCUT2D eigenvalue weighted by Crippen LogP contribution is -2.37. The molecule has 0 N–H and O–H groups in total. The minimum Gasteiger partial charge on any atom is -0.376 e. The van der Waals surface area contributed by atoms with E-state index in [2.05, 4.69) is 16.0 Å². The minimum atomic E-state index is 0.0878. The fourth-order valence-electron chi connectivity index (χ4n) is 4.02. The van der Waals surface area contributed by atoms with Gasteiger partial charge in [-0.1, -0.05) is 12.1 Å². The molecule has 0 aliphatic carbocycles. The number of aromatic nitrogens is 1. The number of hydrogen-bond donors (Lipinski definition) is 0. The largest absolute Gasteiger partial charge is 0.376 e. The SMILES string of the molecule is O=C(c1ccccc1N1CCCC1)N(Cc1ccncc1)CC1CCCO1. The molecule has 5 heteroatoms. The second kappa shape index (κ2) is 8.53. The molecule has 1 aromatic carbocycles. The molecule has 0 spiro atoms.